The predicted octanol–water partition coefficient (Wildman–Crippen LogP) is 3.00. The quantitative estimate of drug-likeness (QED) is 0.877. The van der Waals surface area contributed by atoms with Gasteiger partial charge in [0, 0.05) is 6.04 Å². The van der Waals surface area contributed by atoms with E-state index in [9.17, 15) is 0 Å². The third-order valence-electron chi connectivity index (χ3n) is 2.94. The van der Waals surface area contributed by atoms with E-state index in [-0.39, 0.29) is 18.4 Å². The van der Waals surface area contributed by atoms with Crippen LogP contribution in [-0.4, -0.2) is 6.54 Å². The molecule has 0 amide bonds. The summed E-state index contributed by atoms with van der Waals surface area (Å²) < 4.78 is 0. The number of hydrogen-bond acceptors (Lipinski definition) is 2. The molecule has 2 rings (SSSR count). The number of rotatable bonds is 4. The Morgan fingerprint density at radius 3 is 2.47 bits per heavy atom. The molecule has 3 heteroatoms. The summed E-state index contributed by atoms with van der Waals surface area (Å²) in [6, 6.07) is 14.8. The van der Waals surface area contributed by atoms with Crippen LogP contribution in [0.1, 0.15) is 24.4 Å². The van der Waals surface area contributed by atoms with Gasteiger partial charge >= 0.3 is 0 Å². The smallest absolute Gasteiger partial charge is 0.0301 e. The minimum atomic E-state index is 0. The summed E-state index contributed by atoms with van der Waals surface area (Å²) in [5.41, 5.74) is 12.9. The van der Waals surface area contributed by atoms with Crippen LogP contribution < -0.4 is 11.5 Å². The molecule has 0 saturated carbocycles. The molecule has 2 aromatic carbocycles. The van der Waals surface area contributed by atoms with Crippen molar-refractivity contribution in [1.29, 1.82) is 0 Å². The highest BCUT2D eigenvalue weighted by molar-refractivity contribution is 5.86. The zero-order valence-electron chi connectivity index (χ0n) is 9.80. The summed E-state index contributed by atoms with van der Waals surface area (Å²) in [5, 5.41) is 2.51. The number of nitrogens with two attached hydrogens (primary N) is 2. The molecular formula is C14H19ClN2. The van der Waals surface area contributed by atoms with Crippen molar-refractivity contribution in [2.24, 2.45) is 11.5 Å². The second-order valence-corrected chi connectivity index (χ2v) is 4.11. The van der Waals surface area contributed by atoms with Crippen LogP contribution in [0.25, 0.3) is 10.8 Å². The third-order valence-corrected chi connectivity index (χ3v) is 2.94. The summed E-state index contributed by atoms with van der Waals surface area (Å²) in [5.74, 6) is 0. The molecule has 2 aromatic rings. The van der Waals surface area contributed by atoms with Gasteiger partial charge in [-0.1, -0.05) is 42.5 Å². The molecule has 4 N–H and O–H groups in total. The normalized spacial score (nSPS) is 12.1. The van der Waals surface area contributed by atoms with E-state index in [2.05, 4.69) is 42.5 Å². The summed E-state index contributed by atoms with van der Waals surface area (Å²) in [6.45, 7) is 0.707. The van der Waals surface area contributed by atoms with Crippen molar-refractivity contribution in [3.8, 4) is 0 Å². The number of fused-ring (bicyclic) bond motifs is 1. The van der Waals surface area contributed by atoms with Gasteiger partial charge in [0.05, 0.1) is 0 Å². The zero-order valence-corrected chi connectivity index (χ0v) is 10.6. The SMILES string of the molecule is Cl.NCCC[C@@H](N)c1cccc2ccccc12. The van der Waals surface area contributed by atoms with Crippen LogP contribution in [0.4, 0.5) is 0 Å². The van der Waals surface area contributed by atoms with Crippen molar-refractivity contribution in [1.82, 2.24) is 0 Å². The fraction of sp³-hybridized carbons (Fsp3) is 0.286. The van der Waals surface area contributed by atoms with E-state index in [4.69, 9.17) is 11.5 Å². The molecule has 0 saturated heterocycles. The number of halogens is 1. The molecule has 0 aromatic heterocycles. The first-order valence-corrected chi connectivity index (χ1v) is 5.76. The van der Waals surface area contributed by atoms with Crippen LogP contribution in [0.3, 0.4) is 0 Å². The second-order valence-electron chi connectivity index (χ2n) is 4.11. The van der Waals surface area contributed by atoms with Crippen LogP contribution in [0.2, 0.25) is 0 Å². The van der Waals surface area contributed by atoms with Gasteiger partial charge in [0.1, 0.15) is 0 Å². The van der Waals surface area contributed by atoms with Gasteiger partial charge in [-0.15, -0.1) is 12.4 Å². The van der Waals surface area contributed by atoms with Gasteiger partial charge < -0.3 is 11.5 Å². The Hall–Kier alpha value is -1.09. The molecule has 0 spiro atoms. The fourth-order valence-electron chi connectivity index (χ4n) is 2.07. The first-order chi connectivity index (χ1) is 7.83. The standard InChI is InChI=1S/C14H18N2.ClH/c15-10-4-9-14(16)13-8-3-6-11-5-1-2-7-12(11)13;/h1-3,5-8,14H,4,9-10,15-16H2;1H/t14-;/m1./s1. The maximum absolute atomic E-state index is 6.19. The monoisotopic (exact) mass is 250 g/mol. The summed E-state index contributed by atoms with van der Waals surface area (Å²) in [6.07, 6.45) is 1.93. The largest absolute Gasteiger partial charge is 0.330 e. The van der Waals surface area contributed by atoms with E-state index in [1.165, 1.54) is 16.3 Å². The van der Waals surface area contributed by atoms with Crippen LogP contribution in [0, 0.1) is 0 Å². The molecule has 0 aliphatic carbocycles. The summed E-state index contributed by atoms with van der Waals surface area (Å²) >= 11 is 0. The molecule has 0 aliphatic rings. The number of hydrogen-bond donors (Lipinski definition) is 2. The topological polar surface area (TPSA) is 52.0 Å². The lowest BCUT2D eigenvalue weighted by Crippen LogP contribution is -2.12. The Bertz CT molecular complexity index is 465. The fourth-order valence-corrected chi connectivity index (χ4v) is 2.07. The molecule has 0 aliphatic heterocycles. The van der Waals surface area contributed by atoms with Gasteiger partial charge in [0.15, 0.2) is 0 Å². The average molecular weight is 251 g/mol. The Morgan fingerprint density at radius 1 is 1.00 bits per heavy atom. The Kier molecular flexibility index (Phi) is 5.42. The van der Waals surface area contributed by atoms with Gasteiger partial charge in [-0.25, -0.2) is 0 Å². The molecule has 0 bridgehead atoms. The second kappa shape index (κ2) is 6.60. The van der Waals surface area contributed by atoms with Gasteiger partial charge in [-0.05, 0) is 35.7 Å². The summed E-state index contributed by atoms with van der Waals surface area (Å²) in [7, 11) is 0. The van der Waals surface area contributed by atoms with Gasteiger partial charge in [-0.2, -0.15) is 0 Å². The van der Waals surface area contributed by atoms with Crippen molar-refractivity contribution in [2.45, 2.75) is 18.9 Å². The molecule has 0 heterocycles. The molecule has 0 fully saturated rings. The molecule has 0 radical (unpaired) electrons. The Balaban J connectivity index is 0.00000144. The summed E-state index contributed by atoms with van der Waals surface area (Å²) in [4.78, 5) is 0. The van der Waals surface area contributed by atoms with Crippen molar-refractivity contribution in [3.05, 3.63) is 48.0 Å². The van der Waals surface area contributed by atoms with Crippen LogP contribution in [0.5, 0.6) is 0 Å². The van der Waals surface area contributed by atoms with E-state index < -0.39 is 0 Å². The molecule has 0 unspecified atom stereocenters. The predicted molar refractivity (Wildman–Crippen MR) is 76.4 cm³/mol. The van der Waals surface area contributed by atoms with E-state index in [0.29, 0.717) is 6.54 Å². The maximum atomic E-state index is 6.19. The van der Waals surface area contributed by atoms with Crippen LogP contribution in [-0.2, 0) is 0 Å². The molecular weight excluding hydrogens is 232 g/mol. The van der Waals surface area contributed by atoms with Crippen molar-refractivity contribution in [3.63, 3.8) is 0 Å². The minimum Gasteiger partial charge on any atom is -0.330 e. The van der Waals surface area contributed by atoms with E-state index >= 15 is 0 Å². The highest BCUT2D eigenvalue weighted by Gasteiger charge is 2.08. The number of benzene rings is 2. The maximum Gasteiger partial charge on any atom is 0.0301 e. The lowest BCUT2D eigenvalue weighted by molar-refractivity contribution is 0.621. The van der Waals surface area contributed by atoms with Gasteiger partial charge in [0.2, 0.25) is 0 Å². The van der Waals surface area contributed by atoms with Crippen molar-refractivity contribution in [2.75, 3.05) is 6.54 Å². The Morgan fingerprint density at radius 2 is 1.71 bits per heavy atom. The van der Waals surface area contributed by atoms with Gasteiger partial charge in [-0.3, -0.25) is 0 Å². The molecule has 2 nitrogen and oxygen atoms in total. The van der Waals surface area contributed by atoms with E-state index in [0.717, 1.165) is 12.8 Å². The highest BCUT2D eigenvalue weighted by Crippen LogP contribution is 2.25. The first kappa shape index (κ1) is 14.0. The van der Waals surface area contributed by atoms with Crippen LogP contribution >= 0.6 is 12.4 Å². The average Bonchev–Trinajstić information content (AvgIpc) is 2.35. The Labute approximate surface area is 108 Å². The van der Waals surface area contributed by atoms with Crippen molar-refractivity contribution >= 4 is 23.2 Å². The third kappa shape index (κ3) is 3.19. The lowest BCUT2D eigenvalue weighted by Gasteiger charge is -2.14. The van der Waals surface area contributed by atoms with Crippen molar-refractivity contribution < 1.29 is 0 Å². The van der Waals surface area contributed by atoms with E-state index in [1.807, 2.05) is 0 Å². The minimum absolute atomic E-state index is 0. The lowest BCUT2D eigenvalue weighted by atomic mass is 9.96. The highest BCUT2D eigenvalue weighted by atomic mass is 35.5. The molecule has 17 heavy (non-hydrogen) atoms. The molecule has 1 atom stereocenters. The zero-order chi connectivity index (χ0) is 11.4. The van der Waals surface area contributed by atoms with E-state index in [1.54, 1.807) is 0 Å². The van der Waals surface area contributed by atoms with Crippen LogP contribution in [0.15, 0.2) is 42.5 Å². The van der Waals surface area contributed by atoms with Gasteiger partial charge in [0.25, 0.3) is 0 Å². The molecule has 92 valence electrons. The first-order valence-electron chi connectivity index (χ1n) is 5.76.